The molecule has 1 fully saturated rings. The van der Waals surface area contributed by atoms with Gasteiger partial charge in [-0.3, -0.25) is 4.79 Å². The summed E-state index contributed by atoms with van der Waals surface area (Å²) in [6.45, 7) is -2.75. The Morgan fingerprint density at radius 1 is 0.765 bits per heavy atom. The number of carboxylic acid groups (broad SMARTS) is 1. The Hall–Kier alpha value is -4.90. The van der Waals surface area contributed by atoms with E-state index in [4.69, 9.17) is 5.11 Å². The zero-order valence-electron chi connectivity index (χ0n) is 25.7. The van der Waals surface area contributed by atoms with Crippen molar-refractivity contribution in [3.8, 4) is 0 Å². The van der Waals surface area contributed by atoms with Crippen LogP contribution in [0.4, 0.5) is 39.5 Å². The molecule has 270 valence electrons. The summed E-state index contributed by atoms with van der Waals surface area (Å²) in [5, 5.41) is 9.15. The lowest BCUT2D eigenvalue weighted by molar-refractivity contribution is -0.392. The molecule has 7 nitrogen and oxygen atoms in total. The van der Waals surface area contributed by atoms with Crippen LogP contribution in [0.5, 0.6) is 0 Å². The van der Waals surface area contributed by atoms with Crippen molar-refractivity contribution in [2.24, 2.45) is 0 Å². The summed E-state index contributed by atoms with van der Waals surface area (Å²) in [5.74, 6) is -5.79. The van der Waals surface area contributed by atoms with Crippen LogP contribution in [0.15, 0.2) is 95.9 Å². The molecule has 51 heavy (non-hydrogen) atoms. The van der Waals surface area contributed by atoms with Gasteiger partial charge in [0.15, 0.2) is 9.84 Å². The fourth-order valence-electron chi connectivity index (χ4n) is 5.94. The molecular weight excluding hydrogens is 721 g/mol. The summed E-state index contributed by atoms with van der Waals surface area (Å²) < 4.78 is 160. The zero-order valence-corrected chi connectivity index (χ0v) is 26.6. The van der Waals surface area contributed by atoms with Crippen LogP contribution in [-0.2, 0) is 31.5 Å². The van der Waals surface area contributed by atoms with Crippen molar-refractivity contribution >= 4 is 21.7 Å². The van der Waals surface area contributed by atoms with Crippen molar-refractivity contribution in [2.75, 3.05) is 13.1 Å². The van der Waals surface area contributed by atoms with E-state index >= 15 is 0 Å². The third-order valence-electron chi connectivity index (χ3n) is 8.65. The van der Waals surface area contributed by atoms with Gasteiger partial charge in [0.2, 0.25) is 0 Å². The predicted octanol–water partition coefficient (Wildman–Crippen LogP) is 7.55. The van der Waals surface area contributed by atoms with Gasteiger partial charge in [-0.15, -0.1) is 0 Å². The first-order valence-electron chi connectivity index (χ1n) is 14.7. The van der Waals surface area contributed by atoms with Crippen LogP contribution >= 0.6 is 0 Å². The number of carboxylic acids is 1. The minimum absolute atomic E-state index is 0.0473. The number of alkyl halides is 6. The molecule has 0 bridgehead atoms. The van der Waals surface area contributed by atoms with Crippen molar-refractivity contribution in [1.82, 2.24) is 4.90 Å². The van der Waals surface area contributed by atoms with Gasteiger partial charge in [0.1, 0.15) is 22.2 Å². The van der Waals surface area contributed by atoms with Crippen molar-refractivity contribution in [3.63, 3.8) is 0 Å². The number of sulfone groups is 1. The molecule has 0 radical (unpaired) electrons. The Morgan fingerprint density at radius 3 is 1.80 bits per heavy atom. The van der Waals surface area contributed by atoms with Crippen LogP contribution in [-0.4, -0.2) is 55.7 Å². The molecule has 1 amide bonds. The van der Waals surface area contributed by atoms with Gasteiger partial charge in [-0.2, -0.15) is 26.3 Å². The molecule has 0 saturated carbocycles. The highest BCUT2D eigenvalue weighted by Crippen LogP contribution is 2.54. The lowest BCUT2D eigenvalue weighted by Gasteiger charge is -2.38. The van der Waals surface area contributed by atoms with Gasteiger partial charge in [-0.05, 0) is 72.6 Å². The van der Waals surface area contributed by atoms with Crippen LogP contribution in [0.25, 0.3) is 0 Å². The Balaban J connectivity index is 1.60. The summed E-state index contributed by atoms with van der Waals surface area (Å²) in [7, 11) is -4.69. The van der Waals surface area contributed by atoms with Gasteiger partial charge in [0.25, 0.3) is 11.5 Å². The molecule has 1 aliphatic rings. The maximum absolute atomic E-state index is 14.5. The summed E-state index contributed by atoms with van der Waals surface area (Å²) in [6, 6.07) is 12.2. The number of aromatic carboxylic acids is 1. The molecule has 1 aliphatic heterocycles. The highest BCUT2D eigenvalue weighted by atomic mass is 32.2. The highest BCUT2D eigenvalue weighted by molar-refractivity contribution is 7.92. The summed E-state index contributed by atoms with van der Waals surface area (Å²) >= 11 is 0. The zero-order chi connectivity index (χ0) is 37.6. The molecule has 1 atom stereocenters. The Kier molecular flexibility index (Phi) is 9.77. The van der Waals surface area contributed by atoms with Crippen LogP contribution in [0.1, 0.15) is 43.8 Å². The minimum atomic E-state index is -6.26. The van der Waals surface area contributed by atoms with Crippen LogP contribution in [0.3, 0.4) is 0 Å². The van der Waals surface area contributed by atoms with E-state index in [0.717, 1.165) is 47.4 Å². The predicted molar refractivity (Wildman–Crippen MR) is 161 cm³/mol. The molecule has 0 aliphatic carbocycles. The molecule has 4 aromatic carbocycles. The van der Waals surface area contributed by atoms with Crippen molar-refractivity contribution in [2.45, 2.75) is 40.6 Å². The average molecular weight is 746 g/mol. The standard InChI is InChI=1S/C34H24F9NO6S/c35-24-12-14-25(15-13-24)51(48,49)31(16-17-44(19-31)29(45)20-4-6-21(7-5-20)30(46)47)22-8-10-23(11-9-22)32(33(38,39)40,34(41,42)43)50-18-26-27(36)2-1-3-28(26)37/h1-15H,16-19H2,(H,46,47). The Bertz CT molecular complexity index is 2020. The number of carbonyl (C=O) groups is 2. The number of rotatable bonds is 9. The topological polar surface area (TPSA) is 101 Å². The SMILES string of the molecule is O=C(O)c1ccc(C(=O)N2CCC(c3ccc(C(OCc4c(F)cccc4F)(C(F)(F)F)C(F)(F)F)cc3)(S(=O)(=O)c3ccc(F)cc3)C2)cc1. The molecule has 1 N–H and O–H groups in total. The molecule has 4 aromatic rings. The molecule has 1 unspecified atom stereocenters. The van der Waals surface area contributed by atoms with E-state index in [-0.39, 0.29) is 23.2 Å². The number of hydrogen-bond donors (Lipinski definition) is 1. The number of carbonyl (C=O) groups excluding carboxylic acids is 1. The van der Waals surface area contributed by atoms with Crippen molar-refractivity contribution < 1.29 is 67.4 Å². The number of nitrogens with zero attached hydrogens (tertiary/aromatic N) is 1. The number of ether oxygens (including phenoxy) is 1. The molecule has 0 aromatic heterocycles. The van der Waals surface area contributed by atoms with E-state index in [9.17, 15) is 57.5 Å². The van der Waals surface area contributed by atoms with Crippen LogP contribution < -0.4 is 0 Å². The first kappa shape index (κ1) is 37.4. The third-order valence-corrected chi connectivity index (χ3v) is 11.1. The number of likely N-dealkylation sites (tertiary alicyclic amines) is 1. The molecule has 1 saturated heterocycles. The second kappa shape index (κ2) is 13.3. The maximum atomic E-state index is 14.5. The third kappa shape index (κ3) is 6.55. The van der Waals surface area contributed by atoms with Crippen LogP contribution in [0.2, 0.25) is 0 Å². The molecule has 0 spiro atoms. The normalized spacial score (nSPS) is 17.1. The quantitative estimate of drug-likeness (QED) is 0.140. The number of amides is 1. The van der Waals surface area contributed by atoms with Crippen molar-refractivity contribution in [3.05, 3.63) is 136 Å². The smallest absolute Gasteiger partial charge is 0.430 e. The second-order valence-electron chi connectivity index (χ2n) is 11.6. The average Bonchev–Trinajstić information content (AvgIpc) is 3.53. The van der Waals surface area contributed by atoms with E-state index in [1.54, 1.807) is 0 Å². The number of hydrogen-bond acceptors (Lipinski definition) is 5. The van der Waals surface area contributed by atoms with Crippen LogP contribution in [0, 0.1) is 17.5 Å². The lowest BCUT2D eigenvalue weighted by atomic mass is 9.88. The summed E-state index contributed by atoms with van der Waals surface area (Å²) in [5.41, 5.74) is -8.49. The van der Waals surface area contributed by atoms with Gasteiger partial charge in [-0.1, -0.05) is 30.3 Å². The second-order valence-corrected chi connectivity index (χ2v) is 13.8. The lowest BCUT2D eigenvalue weighted by Crippen LogP contribution is -2.56. The molecular formula is C34H24F9NO6S. The first-order valence-corrected chi connectivity index (χ1v) is 16.2. The van der Waals surface area contributed by atoms with E-state index in [1.165, 1.54) is 12.1 Å². The minimum Gasteiger partial charge on any atom is -0.478 e. The van der Waals surface area contributed by atoms with E-state index in [2.05, 4.69) is 4.74 Å². The first-order chi connectivity index (χ1) is 23.7. The number of halogens is 9. The fourth-order valence-corrected chi connectivity index (χ4v) is 8.01. The van der Waals surface area contributed by atoms with Gasteiger partial charge in [0.05, 0.1) is 17.1 Å². The fraction of sp³-hybridized carbons (Fsp3) is 0.235. The Morgan fingerprint density at radius 2 is 1.29 bits per heavy atom. The molecule has 17 heteroatoms. The largest absolute Gasteiger partial charge is 0.478 e. The molecule has 1 heterocycles. The van der Waals surface area contributed by atoms with Gasteiger partial charge in [0, 0.05) is 29.8 Å². The maximum Gasteiger partial charge on any atom is 0.430 e. The monoisotopic (exact) mass is 745 g/mol. The Labute approximate surface area is 283 Å². The van der Waals surface area contributed by atoms with E-state index in [0.29, 0.717) is 36.4 Å². The van der Waals surface area contributed by atoms with Crippen molar-refractivity contribution in [1.29, 1.82) is 0 Å². The molecule has 5 rings (SSSR count). The number of benzene rings is 4. The summed E-state index contributed by atoms with van der Waals surface area (Å²) in [6.07, 6.45) is -12.9. The highest BCUT2D eigenvalue weighted by Gasteiger charge is 2.73. The van der Waals surface area contributed by atoms with E-state index < -0.39 is 97.5 Å². The van der Waals surface area contributed by atoms with Gasteiger partial charge < -0.3 is 14.7 Å². The summed E-state index contributed by atoms with van der Waals surface area (Å²) in [4.78, 5) is 25.2. The van der Waals surface area contributed by atoms with E-state index in [1.807, 2.05) is 0 Å². The van der Waals surface area contributed by atoms with Gasteiger partial charge >= 0.3 is 18.3 Å². The van der Waals surface area contributed by atoms with Gasteiger partial charge in [-0.25, -0.2) is 26.4 Å².